The van der Waals surface area contributed by atoms with Gasteiger partial charge in [-0.25, -0.2) is 0 Å². The minimum absolute atomic E-state index is 0.151. The molecule has 0 bridgehead atoms. The van der Waals surface area contributed by atoms with E-state index in [1.807, 2.05) is 7.05 Å². The van der Waals surface area contributed by atoms with Crippen molar-refractivity contribution in [3.8, 4) is 0 Å². The molecule has 3 unspecified atom stereocenters. The lowest BCUT2D eigenvalue weighted by Crippen LogP contribution is -2.41. The lowest BCUT2D eigenvalue weighted by Gasteiger charge is -2.24. The SMILES string of the molecule is CC1CC1CN(C)C(CN)CO. The van der Waals surface area contributed by atoms with Gasteiger partial charge in [0, 0.05) is 19.1 Å². The normalized spacial score (nSPS) is 30.8. The van der Waals surface area contributed by atoms with Crippen molar-refractivity contribution in [2.24, 2.45) is 17.6 Å². The van der Waals surface area contributed by atoms with Gasteiger partial charge in [-0.2, -0.15) is 0 Å². The molecule has 3 nitrogen and oxygen atoms in total. The summed E-state index contributed by atoms with van der Waals surface area (Å²) < 4.78 is 0. The second-order valence-corrected chi connectivity index (χ2v) is 3.98. The zero-order valence-corrected chi connectivity index (χ0v) is 8.03. The van der Waals surface area contributed by atoms with E-state index >= 15 is 0 Å². The number of likely N-dealkylation sites (N-methyl/N-ethyl adjacent to an activating group) is 1. The smallest absolute Gasteiger partial charge is 0.0599 e. The van der Waals surface area contributed by atoms with Crippen LogP contribution >= 0.6 is 0 Å². The van der Waals surface area contributed by atoms with E-state index in [9.17, 15) is 0 Å². The topological polar surface area (TPSA) is 49.5 Å². The van der Waals surface area contributed by atoms with Gasteiger partial charge in [-0.1, -0.05) is 6.92 Å². The van der Waals surface area contributed by atoms with Crippen LogP contribution in [-0.4, -0.2) is 42.8 Å². The second kappa shape index (κ2) is 4.21. The first-order valence-electron chi connectivity index (χ1n) is 4.70. The first-order chi connectivity index (χ1) is 5.69. The molecule has 0 spiro atoms. The fourth-order valence-corrected chi connectivity index (χ4v) is 1.57. The highest BCUT2D eigenvalue weighted by Crippen LogP contribution is 2.38. The molecule has 3 heteroatoms. The minimum atomic E-state index is 0.151. The van der Waals surface area contributed by atoms with Crippen LogP contribution in [0.15, 0.2) is 0 Å². The van der Waals surface area contributed by atoms with Crippen LogP contribution in [0.2, 0.25) is 0 Å². The van der Waals surface area contributed by atoms with Crippen molar-refractivity contribution in [2.45, 2.75) is 19.4 Å². The predicted molar refractivity (Wildman–Crippen MR) is 49.8 cm³/mol. The zero-order chi connectivity index (χ0) is 9.14. The highest BCUT2D eigenvalue weighted by Gasteiger charge is 2.34. The number of rotatable bonds is 5. The highest BCUT2D eigenvalue weighted by molar-refractivity contribution is 4.86. The van der Waals surface area contributed by atoms with Crippen LogP contribution in [-0.2, 0) is 0 Å². The molecule has 1 saturated carbocycles. The molecule has 0 saturated heterocycles. The van der Waals surface area contributed by atoms with Crippen LogP contribution in [0.25, 0.3) is 0 Å². The van der Waals surface area contributed by atoms with Crippen molar-refractivity contribution in [2.75, 3.05) is 26.7 Å². The summed E-state index contributed by atoms with van der Waals surface area (Å²) in [5.41, 5.74) is 5.51. The number of nitrogens with two attached hydrogens (primary N) is 1. The molecule has 0 radical (unpaired) electrons. The summed E-state index contributed by atoms with van der Waals surface area (Å²) in [6, 6.07) is 0.151. The van der Waals surface area contributed by atoms with Gasteiger partial charge in [0.25, 0.3) is 0 Å². The number of hydrogen-bond acceptors (Lipinski definition) is 3. The molecule has 0 aromatic carbocycles. The fraction of sp³-hybridized carbons (Fsp3) is 1.00. The molecule has 3 atom stereocenters. The Labute approximate surface area is 74.5 Å². The summed E-state index contributed by atoms with van der Waals surface area (Å²) in [5.74, 6) is 1.72. The van der Waals surface area contributed by atoms with E-state index in [4.69, 9.17) is 10.8 Å². The Bertz CT molecular complexity index is 136. The van der Waals surface area contributed by atoms with E-state index in [0.717, 1.165) is 18.4 Å². The Hall–Kier alpha value is -0.120. The maximum atomic E-state index is 8.97. The first kappa shape index (κ1) is 9.96. The summed E-state index contributed by atoms with van der Waals surface area (Å²) in [6.07, 6.45) is 1.34. The van der Waals surface area contributed by atoms with Crippen LogP contribution in [0, 0.1) is 11.8 Å². The van der Waals surface area contributed by atoms with E-state index < -0.39 is 0 Å². The van der Waals surface area contributed by atoms with E-state index in [1.165, 1.54) is 6.42 Å². The minimum Gasteiger partial charge on any atom is -0.395 e. The third kappa shape index (κ3) is 2.44. The fourth-order valence-electron chi connectivity index (χ4n) is 1.57. The van der Waals surface area contributed by atoms with Gasteiger partial charge in [0.15, 0.2) is 0 Å². The molecule has 0 aromatic rings. The second-order valence-electron chi connectivity index (χ2n) is 3.98. The Balaban J connectivity index is 2.21. The van der Waals surface area contributed by atoms with Crippen molar-refractivity contribution < 1.29 is 5.11 Å². The van der Waals surface area contributed by atoms with Crippen molar-refractivity contribution in [1.29, 1.82) is 0 Å². The van der Waals surface area contributed by atoms with Crippen molar-refractivity contribution in [3.05, 3.63) is 0 Å². The van der Waals surface area contributed by atoms with Gasteiger partial charge in [0.1, 0.15) is 0 Å². The predicted octanol–water partition coefficient (Wildman–Crippen LogP) is -0.106. The Morgan fingerprint density at radius 1 is 1.67 bits per heavy atom. The molecule has 1 aliphatic rings. The molecule has 1 aliphatic carbocycles. The lowest BCUT2D eigenvalue weighted by atomic mass is 10.2. The van der Waals surface area contributed by atoms with Crippen molar-refractivity contribution in [3.63, 3.8) is 0 Å². The summed E-state index contributed by atoms with van der Waals surface area (Å²) >= 11 is 0. The van der Waals surface area contributed by atoms with Crippen LogP contribution in [0.3, 0.4) is 0 Å². The van der Waals surface area contributed by atoms with Crippen LogP contribution < -0.4 is 5.73 Å². The third-order valence-electron chi connectivity index (χ3n) is 2.90. The Kier molecular flexibility index (Phi) is 3.50. The molecular formula is C9H20N2O. The quantitative estimate of drug-likeness (QED) is 0.608. The van der Waals surface area contributed by atoms with Crippen molar-refractivity contribution >= 4 is 0 Å². The molecule has 0 heterocycles. The third-order valence-corrected chi connectivity index (χ3v) is 2.90. The van der Waals surface area contributed by atoms with E-state index in [1.54, 1.807) is 0 Å². The summed E-state index contributed by atoms with van der Waals surface area (Å²) in [6.45, 7) is 4.08. The van der Waals surface area contributed by atoms with E-state index in [-0.39, 0.29) is 12.6 Å². The summed E-state index contributed by atoms with van der Waals surface area (Å²) in [5, 5.41) is 8.97. The largest absolute Gasteiger partial charge is 0.395 e. The Morgan fingerprint density at radius 2 is 2.25 bits per heavy atom. The molecule has 0 amide bonds. The highest BCUT2D eigenvalue weighted by atomic mass is 16.3. The van der Waals surface area contributed by atoms with Gasteiger partial charge < -0.3 is 10.8 Å². The van der Waals surface area contributed by atoms with Crippen LogP contribution in [0.5, 0.6) is 0 Å². The maximum absolute atomic E-state index is 8.97. The molecule has 0 aliphatic heterocycles. The summed E-state index contributed by atoms with van der Waals surface area (Å²) in [4.78, 5) is 2.17. The monoisotopic (exact) mass is 172 g/mol. The van der Waals surface area contributed by atoms with Gasteiger partial charge >= 0.3 is 0 Å². The van der Waals surface area contributed by atoms with Crippen molar-refractivity contribution in [1.82, 2.24) is 4.90 Å². The van der Waals surface area contributed by atoms with Gasteiger partial charge in [0.2, 0.25) is 0 Å². The molecule has 1 fully saturated rings. The number of aliphatic hydroxyl groups excluding tert-OH is 1. The molecule has 3 N–H and O–H groups in total. The summed E-state index contributed by atoms with van der Waals surface area (Å²) in [7, 11) is 2.04. The number of aliphatic hydroxyl groups is 1. The average Bonchev–Trinajstić information content (AvgIpc) is 2.69. The molecule has 72 valence electrons. The molecular weight excluding hydrogens is 152 g/mol. The van der Waals surface area contributed by atoms with Crippen LogP contribution in [0.4, 0.5) is 0 Å². The lowest BCUT2D eigenvalue weighted by molar-refractivity contribution is 0.146. The molecule has 0 aromatic heterocycles. The number of hydrogen-bond donors (Lipinski definition) is 2. The molecule has 1 rings (SSSR count). The Morgan fingerprint density at radius 3 is 2.58 bits per heavy atom. The zero-order valence-electron chi connectivity index (χ0n) is 8.03. The molecule has 12 heavy (non-hydrogen) atoms. The van der Waals surface area contributed by atoms with Gasteiger partial charge in [-0.15, -0.1) is 0 Å². The maximum Gasteiger partial charge on any atom is 0.0599 e. The van der Waals surface area contributed by atoms with Gasteiger partial charge in [-0.05, 0) is 25.3 Å². The van der Waals surface area contributed by atoms with E-state index in [0.29, 0.717) is 6.54 Å². The first-order valence-corrected chi connectivity index (χ1v) is 4.70. The standard InChI is InChI=1S/C9H20N2O/c1-7-3-8(7)5-11(2)9(4-10)6-12/h7-9,12H,3-6,10H2,1-2H3. The average molecular weight is 172 g/mol. The van der Waals surface area contributed by atoms with Gasteiger partial charge in [-0.3, -0.25) is 4.90 Å². The van der Waals surface area contributed by atoms with E-state index in [2.05, 4.69) is 11.8 Å². The van der Waals surface area contributed by atoms with Gasteiger partial charge in [0.05, 0.1) is 6.61 Å². The number of nitrogens with zero attached hydrogens (tertiary/aromatic N) is 1. The van der Waals surface area contributed by atoms with Crippen LogP contribution in [0.1, 0.15) is 13.3 Å².